The van der Waals surface area contributed by atoms with Crippen LogP contribution in [0.1, 0.15) is 74.0 Å². The number of benzene rings is 2. The van der Waals surface area contributed by atoms with Crippen LogP contribution >= 0.6 is 0 Å². The second kappa shape index (κ2) is 8.50. The number of hydrogen-bond donors (Lipinski definition) is 1. The Balaban J connectivity index is 1.82. The third-order valence-corrected chi connectivity index (χ3v) is 5.90. The number of methoxy groups -OCH3 is 1. The molecule has 0 spiro atoms. The summed E-state index contributed by atoms with van der Waals surface area (Å²) in [4.78, 5) is 14.9. The number of hydrazone groups is 1. The lowest BCUT2D eigenvalue weighted by Crippen LogP contribution is -2.51. The number of ether oxygens (including phenoxy) is 1. The van der Waals surface area contributed by atoms with E-state index >= 15 is 0 Å². The molecule has 30 heavy (non-hydrogen) atoms. The number of carbonyl (C=O) groups excluding carboxylic acids is 1. The van der Waals surface area contributed by atoms with E-state index < -0.39 is 0 Å². The Morgan fingerprint density at radius 3 is 2.53 bits per heavy atom. The number of carbonyl (C=O) groups is 1. The molecule has 1 unspecified atom stereocenters. The fraction of sp³-hybridized carbons (Fsp3) is 0.440. The molecule has 160 valence electrons. The second-order valence-electron chi connectivity index (χ2n) is 9.08. The smallest absolute Gasteiger partial charge is 0.271 e. The highest BCUT2D eigenvalue weighted by atomic mass is 16.5. The monoisotopic (exact) mass is 407 g/mol. The van der Waals surface area contributed by atoms with Crippen molar-refractivity contribution in [2.75, 3.05) is 12.0 Å². The van der Waals surface area contributed by atoms with Crippen LogP contribution in [-0.2, 0) is 0 Å². The minimum atomic E-state index is -0.245. The summed E-state index contributed by atoms with van der Waals surface area (Å²) in [6, 6.07) is 11.9. The number of aryl methyl sites for hydroxylation is 1. The maximum absolute atomic E-state index is 12.3. The first-order valence-corrected chi connectivity index (χ1v) is 10.6. The van der Waals surface area contributed by atoms with Crippen LogP contribution in [0.5, 0.6) is 5.75 Å². The van der Waals surface area contributed by atoms with Crippen molar-refractivity contribution in [2.45, 2.75) is 65.5 Å². The van der Waals surface area contributed by atoms with E-state index in [4.69, 9.17) is 4.74 Å². The van der Waals surface area contributed by atoms with Gasteiger partial charge in [0.05, 0.1) is 13.3 Å². The third-order valence-electron chi connectivity index (χ3n) is 5.90. The number of rotatable bonds is 5. The van der Waals surface area contributed by atoms with Gasteiger partial charge in [-0.2, -0.15) is 5.10 Å². The van der Waals surface area contributed by atoms with Crippen molar-refractivity contribution in [3.63, 3.8) is 0 Å². The fourth-order valence-corrected chi connectivity index (χ4v) is 4.70. The molecule has 3 rings (SSSR count). The van der Waals surface area contributed by atoms with Crippen molar-refractivity contribution in [1.29, 1.82) is 0 Å². The van der Waals surface area contributed by atoms with Crippen LogP contribution in [0.4, 0.5) is 5.69 Å². The van der Waals surface area contributed by atoms with Crippen molar-refractivity contribution in [3.8, 4) is 5.75 Å². The van der Waals surface area contributed by atoms with Crippen molar-refractivity contribution in [3.05, 3.63) is 58.7 Å². The number of nitrogens with zero attached hydrogens (tertiary/aromatic N) is 2. The quantitative estimate of drug-likeness (QED) is 0.543. The summed E-state index contributed by atoms with van der Waals surface area (Å²) in [5.74, 6) is 0.935. The van der Waals surface area contributed by atoms with Gasteiger partial charge in [0.2, 0.25) is 0 Å². The maximum atomic E-state index is 12.3. The van der Waals surface area contributed by atoms with Gasteiger partial charge in [-0.25, -0.2) is 5.43 Å². The van der Waals surface area contributed by atoms with Crippen molar-refractivity contribution >= 4 is 17.8 Å². The van der Waals surface area contributed by atoms with Crippen LogP contribution in [0, 0.1) is 6.92 Å². The summed E-state index contributed by atoms with van der Waals surface area (Å²) < 4.78 is 5.13. The van der Waals surface area contributed by atoms with Gasteiger partial charge in [-0.05, 0) is 100 Å². The highest BCUT2D eigenvalue weighted by molar-refractivity contribution is 5.95. The van der Waals surface area contributed by atoms with Crippen LogP contribution in [0.15, 0.2) is 41.5 Å². The minimum absolute atomic E-state index is 0.120. The molecule has 1 aliphatic rings. The highest BCUT2D eigenvalue weighted by Gasteiger charge is 2.37. The molecule has 5 heteroatoms. The summed E-state index contributed by atoms with van der Waals surface area (Å²) in [6.07, 6.45) is 2.84. The predicted molar refractivity (Wildman–Crippen MR) is 124 cm³/mol. The van der Waals surface area contributed by atoms with Crippen molar-refractivity contribution in [1.82, 2.24) is 5.43 Å². The van der Waals surface area contributed by atoms with Gasteiger partial charge in [-0.3, -0.25) is 4.79 Å². The first-order valence-electron chi connectivity index (χ1n) is 10.6. The Kier molecular flexibility index (Phi) is 6.20. The molecule has 2 aromatic carbocycles. The first kappa shape index (κ1) is 21.9. The molecular formula is C25H33N3O2. The Morgan fingerprint density at radius 2 is 1.93 bits per heavy atom. The number of fused-ring (bicyclic) bond motifs is 1. The maximum Gasteiger partial charge on any atom is 0.271 e. The largest absolute Gasteiger partial charge is 0.497 e. The molecule has 1 aliphatic heterocycles. The highest BCUT2D eigenvalue weighted by Crippen LogP contribution is 2.45. The molecule has 2 aromatic rings. The van der Waals surface area contributed by atoms with E-state index in [0.29, 0.717) is 23.3 Å². The zero-order valence-electron chi connectivity index (χ0n) is 19.1. The van der Waals surface area contributed by atoms with Gasteiger partial charge in [0.15, 0.2) is 0 Å². The average Bonchev–Trinajstić information content (AvgIpc) is 2.67. The summed E-state index contributed by atoms with van der Waals surface area (Å²) in [6.45, 7) is 13.5. The molecule has 0 aromatic heterocycles. The van der Waals surface area contributed by atoms with E-state index in [1.165, 1.54) is 11.3 Å². The zero-order chi connectivity index (χ0) is 22.1. The van der Waals surface area contributed by atoms with E-state index in [1.807, 2.05) is 0 Å². The average molecular weight is 408 g/mol. The number of hydrogen-bond acceptors (Lipinski definition) is 4. The summed E-state index contributed by atoms with van der Waals surface area (Å²) in [5.41, 5.74) is 8.11. The Bertz CT molecular complexity index is 946. The van der Waals surface area contributed by atoms with Gasteiger partial charge in [-0.1, -0.05) is 6.92 Å². The SMILES string of the molecule is COc1ccc(C(=O)N/N=C/c2cc3c(cc2C)N(C(C)C)C(C)(C)CC3C)cc1. The minimum Gasteiger partial charge on any atom is -0.497 e. The summed E-state index contributed by atoms with van der Waals surface area (Å²) >= 11 is 0. The Morgan fingerprint density at radius 1 is 1.27 bits per heavy atom. The lowest BCUT2D eigenvalue weighted by atomic mass is 9.78. The molecule has 0 aliphatic carbocycles. The lowest BCUT2D eigenvalue weighted by Gasteiger charge is -2.50. The molecule has 1 atom stereocenters. The molecule has 1 amide bonds. The Labute approximate surface area is 180 Å². The number of nitrogens with one attached hydrogen (secondary N) is 1. The van der Waals surface area contributed by atoms with Crippen molar-refractivity contribution < 1.29 is 9.53 Å². The molecular weight excluding hydrogens is 374 g/mol. The fourth-order valence-electron chi connectivity index (χ4n) is 4.70. The molecule has 0 bridgehead atoms. The predicted octanol–water partition coefficient (Wildman–Crippen LogP) is 5.27. The van der Waals surface area contributed by atoms with Crippen LogP contribution in [0.2, 0.25) is 0 Å². The lowest BCUT2D eigenvalue weighted by molar-refractivity contribution is 0.0955. The second-order valence-corrected chi connectivity index (χ2v) is 9.08. The molecule has 0 saturated carbocycles. The van der Waals surface area contributed by atoms with Gasteiger partial charge >= 0.3 is 0 Å². The molecule has 0 radical (unpaired) electrons. The van der Waals surface area contributed by atoms with Crippen LogP contribution in [0.25, 0.3) is 0 Å². The first-order chi connectivity index (χ1) is 14.1. The molecule has 0 fully saturated rings. The van der Waals surface area contributed by atoms with Gasteiger partial charge in [0.25, 0.3) is 5.91 Å². The van der Waals surface area contributed by atoms with E-state index in [1.54, 1.807) is 37.6 Å². The number of amides is 1. The third kappa shape index (κ3) is 4.35. The van der Waals surface area contributed by atoms with Gasteiger partial charge in [0, 0.05) is 22.8 Å². The molecule has 1 heterocycles. The van der Waals surface area contributed by atoms with Crippen molar-refractivity contribution in [2.24, 2.45) is 5.10 Å². The topological polar surface area (TPSA) is 53.9 Å². The van der Waals surface area contributed by atoms with Crippen LogP contribution < -0.4 is 15.1 Å². The van der Waals surface area contributed by atoms with E-state index in [0.717, 1.165) is 17.5 Å². The van der Waals surface area contributed by atoms with E-state index in [-0.39, 0.29) is 11.4 Å². The molecule has 5 nitrogen and oxygen atoms in total. The molecule has 1 N–H and O–H groups in total. The van der Waals surface area contributed by atoms with Gasteiger partial charge in [-0.15, -0.1) is 0 Å². The van der Waals surface area contributed by atoms with Crippen LogP contribution in [-0.4, -0.2) is 30.8 Å². The zero-order valence-corrected chi connectivity index (χ0v) is 19.1. The normalized spacial score (nSPS) is 17.9. The standard InChI is InChI=1S/C25H33N3O2/c1-16(2)28-23-12-17(3)20(13-22(23)18(4)14-25(28,5)6)15-26-27-24(29)19-8-10-21(30-7)11-9-19/h8-13,15-16,18H,14H2,1-7H3,(H,27,29)/b26-15+. The molecule has 0 saturated heterocycles. The van der Waals surface area contributed by atoms with Gasteiger partial charge in [0.1, 0.15) is 5.75 Å². The van der Waals surface area contributed by atoms with Crippen LogP contribution in [0.3, 0.4) is 0 Å². The number of anilines is 1. The summed E-state index contributed by atoms with van der Waals surface area (Å²) in [7, 11) is 1.60. The van der Waals surface area contributed by atoms with Gasteiger partial charge < -0.3 is 9.64 Å². The van der Waals surface area contributed by atoms with E-state index in [2.05, 4.69) is 69.1 Å². The van der Waals surface area contributed by atoms with E-state index in [9.17, 15) is 4.79 Å². The Hall–Kier alpha value is -2.82. The summed E-state index contributed by atoms with van der Waals surface area (Å²) in [5, 5.41) is 4.21.